The van der Waals surface area contributed by atoms with Gasteiger partial charge in [0.15, 0.2) is 14.9 Å². The number of pyridine rings is 1. The van der Waals surface area contributed by atoms with E-state index in [1.807, 2.05) is 25.1 Å². The number of aromatic nitrogens is 2. The Bertz CT molecular complexity index is 1260. The van der Waals surface area contributed by atoms with E-state index in [-0.39, 0.29) is 23.5 Å². The van der Waals surface area contributed by atoms with Crippen LogP contribution in [0.1, 0.15) is 32.0 Å². The summed E-state index contributed by atoms with van der Waals surface area (Å²) in [6.07, 6.45) is 3.05. The molecule has 7 nitrogen and oxygen atoms in total. The Morgan fingerprint density at radius 2 is 2.03 bits per heavy atom. The predicted molar refractivity (Wildman–Crippen MR) is 125 cm³/mol. The molecule has 3 heterocycles. The van der Waals surface area contributed by atoms with E-state index in [0.717, 1.165) is 33.5 Å². The van der Waals surface area contributed by atoms with Crippen LogP contribution in [0.5, 0.6) is 11.5 Å². The summed E-state index contributed by atoms with van der Waals surface area (Å²) in [5, 5.41) is 2.11. The lowest BCUT2D eigenvalue weighted by Crippen LogP contribution is -2.08. The largest absolute Gasteiger partial charge is 0.456 e. The van der Waals surface area contributed by atoms with E-state index in [4.69, 9.17) is 4.74 Å². The number of fused-ring (bicyclic) bond motifs is 1. The predicted octanol–water partition coefficient (Wildman–Crippen LogP) is 4.54. The van der Waals surface area contributed by atoms with E-state index >= 15 is 0 Å². The van der Waals surface area contributed by atoms with Crippen LogP contribution in [0.2, 0.25) is 0 Å². The average molecular weight is 460 g/mol. The molecule has 164 valence electrons. The summed E-state index contributed by atoms with van der Waals surface area (Å²) in [5.41, 5.74) is 2.94. The molecule has 0 spiro atoms. The minimum absolute atomic E-state index is 0. The molecular formula is C22H25N3O4S2. The second kappa shape index (κ2) is 8.84. The molecule has 31 heavy (non-hydrogen) atoms. The average Bonchev–Trinajstić information content (AvgIpc) is 3.28. The lowest BCUT2D eigenvalue weighted by molar-refractivity contribution is -0.116. The number of benzene rings is 1. The van der Waals surface area contributed by atoms with Gasteiger partial charge in [0, 0.05) is 28.8 Å². The molecule has 9 heteroatoms. The molecule has 4 rings (SSSR count). The zero-order valence-corrected chi connectivity index (χ0v) is 18.4. The number of rotatable bonds is 6. The third-order valence-electron chi connectivity index (χ3n) is 4.69. The standard InChI is InChI=1S/C21H21N3O4S2.CH4/c1-12-6-16(28-15-4-5-19(22-10-15)30(3,26)27)8-14-9-18(24-20(12)14)21-23-11-17(29-21)7-13(2)25;/h4-6,8-10,17,24H,7,11H2,1-3H3;1H4. The second-order valence-electron chi connectivity index (χ2n) is 7.39. The fourth-order valence-corrected chi connectivity index (χ4v) is 5.07. The van der Waals surface area contributed by atoms with Crippen LogP contribution < -0.4 is 4.74 Å². The van der Waals surface area contributed by atoms with Gasteiger partial charge in [-0.25, -0.2) is 13.4 Å². The van der Waals surface area contributed by atoms with Crippen LogP contribution in [-0.2, 0) is 14.6 Å². The van der Waals surface area contributed by atoms with E-state index in [1.54, 1.807) is 24.8 Å². The van der Waals surface area contributed by atoms with Gasteiger partial charge in [0.25, 0.3) is 0 Å². The van der Waals surface area contributed by atoms with Crippen LogP contribution in [0, 0.1) is 6.92 Å². The van der Waals surface area contributed by atoms with Gasteiger partial charge >= 0.3 is 0 Å². The minimum Gasteiger partial charge on any atom is -0.456 e. The Balaban J connectivity index is 0.00000272. The summed E-state index contributed by atoms with van der Waals surface area (Å²) in [6, 6.07) is 8.87. The number of aromatic amines is 1. The van der Waals surface area contributed by atoms with E-state index in [9.17, 15) is 13.2 Å². The number of hydrogen-bond donors (Lipinski definition) is 1. The van der Waals surface area contributed by atoms with Crippen molar-refractivity contribution >= 4 is 43.3 Å². The summed E-state index contributed by atoms with van der Waals surface area (Å²) in [7, 11) is -3.35. The van der Waals surface area contributed by atoms with Crippen molar-refractivity contribution < 1.29 is 17.9 Å². The van der Waals surface area contributed by atoms with E-state index < -0.39 is 9.84 Å². The maximum Gasteiger partial charge on any atom is 0.192 e. The highest BCUT2D eigenvalue weighted by Crippen LogP contribution is 2.33. The SMILES string of the molecule is C.CC(=O)CC1CN=C(c2cc3cc(Oc4ccc(S(C)(=O)=O)nc4)cc(C)c3[nH]2)S1. The summed E-state index contributed by atoms with van der Waals surface area (Å²) in [6.45, 7) is 4.25. The van der Waals surface area contributed by atoms with Gasteiger partial charge in [-0.1, -0.05) is 19.2 Å². The van der Waals surface area contributed by atoms with Crippen molar-refractivity contribution in [2.24, 2.45) is 4.99 Å². The van der Waals surface area contributed by atoms with Gasteiger partial charge in [-0.2, -0.15) is 0 Å². The van der Waals surface area contributed by atoms with Crippen molar-refractivity contribution in [3.05, 3.63) is 47.8 Å². The van der Waals surface area contributed by atoms with E-state index in [2.05, 4.69) is 15.0 Å². The molecule has 3 aromatic rings. The zero-order chi connectivity index (χ0) is 21.5. The Morgan fingerprint density at radius 3 is 2.68 bits per heavy atom. The van der Waals surface area contributed by atoms with Crippen molar-refractivity contribution in [1.29, 1.82) is 0 Å². The van der Waals surface area contributed by atoms with Crippen LogP contribution in [-0.4, -0.2) is 47.3 Å². The molecule has 1 N–H and O–H groups in total. The number of carbonyl (C=O) groups is 1. The number of nitrogens with one attached hydrogen (secondary N) is 1. The number of ether oxygens (including phenoxy) is 1. The maximum absolute atomic E-state index is 11.5. The fraction of sp³-hybridized carbons (Fsp3) is 0.318. The lowest BCUT2D eigenvalue weighted by Gasteiger charge is -2.07. The first-order valence-electron chi connectivity index (χ1n) is 9.37. The van der Waals surface area contributed by atoms with Gasteiger partial charge in [0.1, 0.15) is 22.3 Å². The molecule has 0 saturated heterocycles. The number of Topliss-reactive ketones (excluding diaryl/α,β-unsaturated/α-hetero) is 1. The molecule has 0 aliphatic carbocycles. The highest BCUT2D eigenvalue weighted by atomic mass is 32.2. The lowest BCUT2D eigenvalue weighted by atomic mass is 10.1. The van der Waals surface area contributed by atoms with Gasteiger partial charge in [-0.3, -0.25) is 9.79 Å². The zero-order valence-electron chi connectivity index (χ0n) is 16.8. The number of carbonyl (C=O) groups excluding carboxylic acids is 1. The van der Waals surface area contributed by atoms with Crippen LogP contribution in [0.3, 0.4) is 0 Å². The first-order chi connectivity index (χ1) is 14.2. The Kier molecular flexibility index (Phi) is 6.56. The molecule has 0 amide bonds. The fourth-order valence-electron chi connectivity index (χ4n) is 3.34. The number of ketones is 1. The third kappa shape index (κ3) is 5.16. The summed E-state index contributed by atoms with van der Waals surface area (Å²) >= 11 is 1.63. The minimum atomic E-state index is -3.35. The molecule has 0 saturated carbocycles. The number of hydrogen-bond acceptors (Lipinski definition) is 7. The van der Waals surface area contributed by atoms with Crippen molar-refractivity contribution in [1.82, 2.24) is 9.97 Å². The molecule has 1 unspecified atom stereocenters. The normalized spacial score (nSPS) is 16.1. The van der Waals surface area contributed by atoms with Crippen LogP contribution >= 0.6 is 11.8 Å². The summed E-state index contributed by atoms with van der Waals surface area (Å²) in [4.78, 5) is 23.3. The number of aliphatic imine (C=N–C) groups is 1. The number of thioether (sulfide) groups is 1. The van der Waals surface area contributed by atoms with Crippen molar-refractivity contribution in [2.75, 3.05) is 12.8 Å². The van der Waals surface area contributed by atoms with Gasteiger partial charge in [-0.15, -0.1) is 0 Å². The smallest absolute Gasteiger partial charge is 0.192 e. The van der Waals surface area contributed by atoms with E-state index in [1.165, 1.54) is 12.3 Å². The van der Waals surface area contributed by atoms with Crippen LogP contribution in [0.15, 0.2) is 46.5 Å². The van der Waals surface area contributed by atoms with Crippen molar-refractivity contribution in [2.45, 2.75) is 38.0 Å². The number of H-pyrrole nitrogens is 1. The second-order valence-corrected chi connectivity index (χ2v) is 10.6. The first kappa shape index (κ1) is 23.0. The van der Waals surface area contributed by atoms with Gasteiger partial charge < -0.3 is 9.72 Å². The molecule has 1 aliphatic rings. The molecular weight excluding hydrogens is 434 g/mol. The monoisotopic (exact) mass is 459 g/mol. The Labute approximate surface area is 186 Å². The maximum atomic E-state index is 11.5. The number of nitrogens with zero attached hydrogens (tertiary/aromatic N) is 2. The molecule has 0 bridgehead atoms. The Hall–Kier alpha value is -2.65. The van der Waals surface area contributed by atoms with Crippen LogP contribution in [0.25, 0.3) is 10.9 Å². The van der Waals surface area contributed by atoms with Gasteiger partial charge in [-0.05, 0) is 49.7 Å². The quantitative estimate of drug-likeness (QED) is 0.580. The summed E-state index contributed by atoms with van der Waals surface area (Å²) < 4.78 is 29.0. The van der Waals surface area contributed by atoms with Crippen molar-refractivity contribution in [3.8, 4) is 11.5 Å². The Morgan fingerprint density at radius 1 is 1.26 bits per heavy atom. The van der Waals surface area contributed by atoms with Crippen LogP contribution in [0.4, 0.5) is 0 Å². The molecule has 0 radical (unpaired) electrons. The number of sulfone groups is 1. The molecule has 0 fully saturated rings. The van der Waals surface area contributed by atoms with Crippen molar-refractivity contribution in [3.63, 3.8) is 0 Å². The van der Waals surface area contributed by atoms with E-state index in [0.29, 0.717) is 24.5 Å². The molecule has 1 atom stereocenters. The topological polar surface area (TPSA) is 101 Å². The summed E-state index contributed by atoms with van der Waals surface area (Å²) in [5.74, 6) is 1.27. The molecule has 2 aromatic heterocycles. The third-order valence-corrected chi connectivity index (χ3v) is 6.91. The molecule has 1 aromatic carbocycles. The highest BCUT2D eigenvalue weighted by Gasteiger charge is 2.23. The number of aryl methyl sites for hydroxylation is 1. The first-order valence-corrected chi connectivity index (χ1v) is 12.1. The molecule has 1 aliphatic heterocycles. The van der Waals surface area contributed by atoms with Gasteiger partial charge in [0.05, 0.1) is 18.4 Å². The van der Waals surface area contributed by atoms with Gasteiger partial charge in [0.2, 0.25) is 0 Å². The highest BCUT2D eigenvalue weighted by molar-refractivity contribution is 8.15.